The highest BCUT2D eigenvalue weighted by atomic mass is 31.2. The van der Waals surface area contributed by atoms with Crippen molar-refractivity contribution in [3.63, 3.8) is 0 Å². The van der Waals surface area contributed by atoms with Crippen LogP contribution >= 0.6 is 7.60 Å². The molecule has 0 bridgehead atoms. The first-order valence-electron chi connectivity index (χ1n) is 9.00. The maximum atomic E-state index is 13.7. The van der Waals surface area contributed by atoms with E-state index in [-0.39, 0.29) is 19.0 Å². The minimum absolute atomic E-state index is 0.0433. The Labute approximate surface area is 159 Å². The van der Waals surface area contributed by atoms with Gasteiger partial charge in [-0.2, -0.15) is 0 Å². The van der Waals surface area contributed by atoms with Crippen LogP contribution in [0.3, 0.4) is 0 Å². The summed E-state index contributed by atoms with van der Waals surface area (Å²) in [6, 6.07) is 20.5. The van der Waals surface area contributed by atoms with E-state index in [9.17, 15) is 9.67 Å². The minimum Gasteiger partial charge on any atom is -0.508 e. The van der Waals surface area contributed by atoms with E-state index >= 15 is 0 Å². The second-order valence-electron chi connectivity index (χ2n) is 6.01. The van der Waals surface area contributed by atoms with E-state index in [1.165, 1.54) is 0 Å². The molecule has 6 heteroatoms. The van der Waals surface area contributed by atoms with Crippen molar-refractivity contribution < 1.29 is 18.7 Å². The van der Waals surface area contributed by atoms with Gasteiger partial charge in [0, 0.05) is 11.3 Å². The number of hydrogen-bond acceptors (Lipinski definition) is 5. The molecule has 0 saturated heterocycles. The lowest BCUT2D eigenvalue weighted by molar-refractivity contribution is 0.214. The number of benzene rings is 3. The normalized spacial score (nSPS) is 12.8. The zero-order valence-electron chi connectivity index (χ0n) is 15.5. The number of anilines is 1. The third-order valence-corrected chi connectivity index (χ3v) is 6.49. The predicted molar refractivity (Wildman–Crippen MR) is 109 cm³/mol. The zero-order valence-corrected chi connectivity index (χ0v) is 16.4. The van der Waals surface area contributed by atoms with Gasteiger partial charge in [0.2, 0.25) is 0 Å². The molecule has 3 aromatic rings. The molecule has 0 spiro atoms. The molecule has 0 aliphatic heterocycles. The lowest BCUT2D eigenvalue weighted by Crippen LogP contribution is -2.16. The first-order valence-corrected chi connectivity index (χ1v) is 10.6. The number of hydrogen-bond donors (Lipinski definition) is 2. The Kier molecular flexibility index (Phi) is 6.17. The number of rotatable bonds is 8. The van der Waals surface area contributed by atoms with Crippen LogP contribution < -0.4 is 5.32 Å². The van der Waals surface area contributed by atoms with Crippen LogP contribution in [-0.4, -0.2) is 18.3 Å². The summed E-state index contributed by atoms with van der Waals surface area (Å²) in [4.78, 5) is 0. The molecule has 1 unspecified atom stereocenters. The molecular weight excluding hydrogens is 361 g/mol. The molecule has 3 aromatic carbocycles. The number of para-hydroxylation sites is 1. The van der Waals surface area contributed by atoms with Crippen LogP contribution in [0.2, 0.25) is 0 Å². The van der Waals surface area contributed by atoms with Crippen LogP contribution in [-0.2, 0) is 13.6 Å². The van der Waals surface area contributed by atoms with Crippen molar-refractivity contribution in [1.82, 2.24) is 0 Å². The summed E-state index contributed by atoms with van der Waals surface area (Å²) in [6.45, 7) is 4.01. The molecule has 2 N–H and O–H groups in total. The lowest BCUT2D eigenvalue weighted by atomic mass is 10.0. The summed E-state index contributed by atoms with van der Waals surface area (Å²) in [7, 11) is -3.62. The van der Waals surface area contributed by atoms with Gasteiger partial charge in [0.1, 0.15) is 5.75 Å². The van der Waals surface area contributed by atoms with E-state index in [1.54, 1.807) is 19.9 Å². The maximum Gasteiger partial charge on any atom is 0.357 e. The first-order chi connectivity index (χ1) is 13.1. The van der Waals surface area contributed by atoms with Crippen LogP contribution in [0.1, 0.15) is 25.2 Å². The summed E-state index contributed by atoms with van der Waals surface area (Å²) in [5, 5.41) is 15.7. The average Bonchev–Trinajstić information content (AvgIpc) is 2.68. The van der Waals surface area contributed by atoms with E-state index in [0.717, 1.165) is 16.5 Å². The first kappa shape index (κ1) is 19.4. The second-order valence-corrected chi connectivity index (χ2v) is 8.12. The number of nitrogens with one attached hydrogen (secondary N) is 1. The minimum atomic E-state index is -3.62. The van der Waals surface area contributed by atoms with Crippen molar-refractivity contribution in [3.8, 4) is 5.75 Å². The predicted octanol–water partition coefficient (Wildman–Crippen LogP) is 5.92. The van der Waals surface area contributed by atoms with E-state index < -0.39 is 13.4 Å². The number of fused-ring (bicyclic) bond motifs is 1. The van der Waals surface area contributed by atoms with Crippen LogP contribution in [0.25, 0.3) is 10.8 Å². The van der Waals surface area contributed by atoms with Crippen LogP contribution in [0.5, 0.6) is 5.75 Å². The molecule has 0 saturated carbocycles. The van der Waals surface area contributed by atoms with Gasteiger partial charge < -0.3 is 19.5 Å². The van der Waals surface area contributed by atoms with E-state index in [2.05, 4.69) is 5.32 Å². The fourth-order valence-electron chi connectivity index (χ4n) is 3.12. The highest BCUT2D eigenvalue weighted by Crippen LogP contribution is 2.62. The molecule has 3 rings (SSSR count). The zero-order chi connectivity index (χ0) is 19.3. The summed E-state index contributed by atoms with van der Waals surface area (Å²) in [6.07, 6.45) is 0. The average molecular weight is 385 g/mol. The van der Waals surface area contributed by atoms with Gasteiger partial charge in [0.05, 0.1) is 13.2 Å². The third-order valence-electron chi connectivity index (χ3n) is 4.23. The van der Waals surface area contributed by atoms with Gasteiger partial charge in [-0.15, -0.1) is 0 Å². The standard InChI is InChI=1S/C21H24NO4P/c1-3-25-27(24,26-4-2)21(22-17-11-6-5-7-12-17)20-18-13-9-8-10-16(18)14-15-19(20)23/h5-15,21-23H,3-4H2,1-2H3. The Morgan fingerprint density at radius 2 is 1.56 bits per heavy atom. The van der Waals surface area contributed by atoms with Crippen LogP contribution in [0, 0.1) is 0 Å². The lowest BCUT2D eigenvalue weighted by Gasteiger charge is -2.29. The molecule has 0 aliphatic rings. The fourth-order valence-corrected chi connectivity index (χ4v) is 5.11. The van der Waals surface area contributed by atoms with E-state index in [0.29, 0.717) is 5.56 Å². The van der Waals surface area contributed by atoms with Crippen molar-refractivity contribution in [2.45, 2.75) is 19.6 Å². The monoisotopic (exact) mass is 385 g/mol. The van der Waals surface area contributed by atoms with Gasteiger partial charge in [-0.05, 0) is 42.8 Å². The van der Waals surface area contributed by atoms with Crippen molar-refractivity contribution >= 4 is 24.1 Å². The van der Waals surface area contributed by atoms with Crippen molar-refractivity contribution in [2.24, 2.45) is 0 Å². The summed E-state index contributed by atoms with van der Waals surface area (Å²) < 4.78 is 24.9. The van der Waals surface area contributed by atoms with Crippen molar-refractivity contribution in [1.29, 1.82) is 0 Å². The quantitative estimate of drug-likeness (QED) is 0.471. The highest BCUT2D eigenvalue weighted by molar-refractivity contribution is 7.54. The molecule has 0 amide bonds. The van der Waals surface area contributed by atoms with E-state index in [1.807, 2.05) is 60.7 Å². The van der Waals surface area contributed by atoms with Gasteiger partial charge in [-0.1, -0.05) is 48.5 Å². The number of aromatic hydroxyl groups is 1. The third kappa shape index (κ3) is 4.16. The van der Waals surface area contributed by atoms with Gasteiger partial charge in [0.15, 0.2) is 5.78 Å². The maximum absolute atomic E-state index is 13.7. The van der Waals surface area contributed by atoms with Crippen molar-refractivity contribution in [2.75, 3.05) is 18.5 Å². The Morgan fingerprint density at radius 3 is 2.22 bits per heavy atom. The van der Waals surface area contributed by atoms with Crippen LogP contribution in [0.4, 0.5) is 5.69 Å². The molecule has 1 atom stereocenters. The molecule has 5 nitrogen and oxygen atoms in total. The molecule has 27 heavy (non-hydrogen) atoms. The second kappa shape index (κ2) is 8.57. The highest BCUT2D eigenvalue weighted by Gasteiger charge is 2.39. The smallest absolute Gasteiger partial charge is 0.357 e. The Balaban J connectivity index is 2.21. The Bertz CT molecular complexity index is 935. The SMILES string of the molecule is CCOP(=O)(OCC)C(Nc1ccccc1)c1c(O)ccc2ccccc12. The van der Waals surface area contributed by atoms with Crippen molar-refractivity contribution in [3.05, 3.63) is 72.3 Å². The van der Waals surface area contributed by atoms with Gasteiger partial charge >= 0.3 is 7.60 Å². The van der Waals surface area contributed by atoms with Gasteiger partial charge in [-0.25, -0.2) is 0 Å². The number of phenolic OH excluding ortho intramolecular Hbond substituents is 1. The van der Waals surface area contributed by atoms with Crippen LogP contribution in [0.15, 0.2) is 66.7 Å². The fraction of sp³-hybridized carbons (Fsp3) is 0.238. The van der Waals surface area contributed by atoms with Gasteiger partial charge in [-0.3, -0.25) is 4.57 Å². The molecule has 0 heterocycles. The molecular formula is C21H24NO4P. The summed E-state index contributed by atoms with van der Waals surface area (Å²) in [5.74, 6) is -0.812. The molecule has 0 radical (unpaired) electrons. The van der Waals surface area contributed by atoms with E-state index in [4.69, 9.17) is 9.05 Å². The molecule has 0 aliphatic carbocycles. The molecule has 142 valence electrons. The molecule has 0 aromatic heterocycles. The largest absolute Gasteiger partial charge is 0.508 e. The molecule has 0 fully saturated rings. The van der Waals surface area contributed by atoms with Gasteiger partial charge in [0.25, 0.3) is 0 Å². The topological polar surface area (TPSA) is 67.8 Å². The Hall–Kier alpha value is -2.33. The summed E-state index contributed by atoms with van der Waals surface area (Å²) >= 11 is 0. The number of phenols is 1. The summed E-state index contributed by atoms with van der Waals surface area (Å²) in [5.41, 5.74) is 1.26. The Morgan fingerprint density at radius 1 is 0.926 bits per heavy atom.